The summed E-state index contributed by atoms with van der Waals surface area (Å²) in [6, 6.07) is 4.68. The zero-order valence-electron chi connectivity index (χ0n) is 12.6. The van der Waals surface area contributed by atoms with Crippen molar-refractivity contribution < 1.29 is 4.79 Å². The molecule has 1 unspecified atom stereocenters. The average Bonchev–Trinajstić information content (AvgIpc) is 2.38. The molecule has 0 aromatic heterocycles. The Morgan fingerprint density at radius 3 is 2.65 bits per heavy atom. The Morgan fingerprint density at radius 2 is 2.05 bits per heavy atom. The molecule has 0 aliphatic carbocycles. The van der Waals surface area contributed by atoms with Crippen molar-refractivity contribution in [3.05, 3.63) is 34.4 Å². The summed E-state index contributed by atoms with van der Waals surface area (Å²) >= 11 is 1.92. The number of aryl methyl sites for hydroxylation is 3. The molecule has 1 aliphatic heterocycles. The van der Waals surface area contributed by atoms with E-state index in [4.69, 9.17) is 0 Å². The predicted octanol–water partition coefficient (Wildman–Crippen LogP) is 2.32. The van der Waals surface area contributed by atoms with Gasteiger partial charge in [0.2, 0.25) is 5.91 Å². The molecule has 0 radical (unpaired) electrons. The van der Waals surface area contributed by atoms with Crippen molar-refractivity contribution in [2.75, 3.05) is 18.1 Å². The third-order valence-electron chi connectivity index (χ3n) is 3.73. The fourth-order valence-corrected chi connectivity index (χ4v) is 3.67. The summed E-state index contributed by atoms with van der Waals surface area (Å²) in [5, 5.41) is 6.46. The van der Waals surface area contributed by atoms with Crippen LogP contribution in [-0.2, 0) is 11.3 Å². The largest absolute Gasteiger partial charge is 0.352 e. The van der Waals surface area contributed by atoms with Crippen LogP contribution in [0.25, 0.3) is 0 Å². The molecule has 0 saturated carbocycles. The van der Waals surface area contributed by atoms with Crippen molar-refractivity contribution in [3.63, 3.8) is 0 Å². The van der Waals surface area contributed by atoms with Gasteiger partial charge >= 0.3 is 0 Å². The van der Waals surface area contributed by atoms with E-state index < -0.39 is 0 Å². The van der Waals surface area contributed by atoms with E-state index in [2.05, 4.69) is 43.5 Å². The Kier molecular flexibility index (Phi) is 5.49. The second-order valence-electron chi connectivity index (χ2n) is 5.58. The van der Waals surface area contributed by atoms with Gasteiger partial charge in [-0.25, -0.2) is 0 Å². The molecular formula is C16H24N2OS. The highest BCUT2D eigenvalue weighted by atomic mass is 32.2. The summed E-state index contributed by atoms with van der Waals surface area (Å²) in [5.41, 5.74) is 5.04. The van der Waals surface area contributed by atoms with Gasteiger partial charge in [-0.1, -0.05) is 17.7 Å². The number of rotatable bonds is 4. The van der Waals surface area contributed by atoms with Gasteiger partial charge in [-0.2, -0.15) is 11.8 Å². The van der Waals surface area contributed by atoms with Crippen LogP contribution in [0.1, 0.15) is 28.7 Å². The lowest BCUT2D eigenvalue weighted by Crippen LogP contribution is -2.41. The molecule has 1 aromatic rings. The molecule has 1 saturated heterocycles. The highest BCUT2D eigenvalue weighted by Crippen LogP contribution is 2.16. The summed E-state index contributed by atoms with van der Waals surface area (Å²) in [6.07, 6.45) is 0.580. The molecule has 4 heteroatoms. The third-order valence-corrected chi connectivity index (χ3v) is 4.86. The summed E-state index contributed by atoms with van der Waals surface area (Å²) < 4.78 is 0. The number of hydrogen-bond acceptors (Lipinski definition) is 3. The minimum atomic E-state index is 0.143. The van der Waals surface area contributed by atoms with Crippen LogP contribution in [0.5, 0.6) is 0 Å². The zero-order chi connectivity index (χ0) is 14.5. The quantitative estimate of drug-likeness (QED) is 0.895. The Balaban J connectivity index is 1.87. The normalized spacial score (nSPS) is 18.9. The first-order valence-electron chi connectivity index (χ1n) is 7.21. The summed E-state index contributed by atoms with van der Waals surface area (Å²) in [4.78, 5) is 12.0. The third kappa shape index (κ3) is 4.25. The van der Waals surface area contributed by atoms with Gasteiger partial charge in [-0.15, -0.1) is 0 Å². The van der Waals surface area contributed by atoms with Crippen molar-refractivity contribution in [1.29, 1.82) is 0 Å². The van der Waals surface area contributed by atoms with E-state index in [1.807, 2.05) is 11.8 Å². The highest BCUT2D eigenvalue weighted by Gasteiger charge is 2.16. The smallest absolute Gasteiger partial charge is 0.221 e. The Morgan fingerprint density at radius 1 is 1.35 bits per heavy atom. The van der Waals surface area contributed by atoms with Crippen molar-refractivity contribution in [2.45, 2.75) is 39.8 Å². The molecule has 1 atom stereocenters. The van der Waals surface area contributed by atoms with Crippen LogP contribution in [0.15, 0.2) is 12.1 Å². The standard InChI is InChI=1S/C16H24N2OS/c1-11-6-12(2)15(13(3)7-11)9-18-16(19)8-14-10-20-5-4-17-14/h6-7,14,17H,4-5,8-10H2,1-3H3,(H,18,19). The molecule has 1 heterocycles. The van der Waals surface area contributed by atoms with E-state index in [1.165, 1.54) is 22.3 Å². The molecule has 1 fully saturated rings. The van der Waals surface area contributed by atoms with Crippen LogP contribution in [-0.4, -0.2) is 30.0 Å². The maximum atomic E-state index is 12.0. The number of nitrogens with one attached hydrogen (secondary N) is 2. The maximum absolute atomic E-state index is 12.0. The predicted molar refractivity (Wildman–Crippen MR) is 86.2 cm³/mol. The molecule has 2 rings (SSSR count). The first-order valence-corrected chi connectivity index (χ1v) is 8.36. The minimum Gasteiger partial charge on any atom is -0.352 e. The van der Waals surface area contributed by atoms with E-state index in [0.29, 0.717) is 19.0 Å². The number of hydrogen-bond donors (Lipinski definition) is 2. The molecular weight excluding hydrogens is 268 g/mol. The second kappa shape index (κ2) is 7.14. The lowest BCUT2D eigenvalue weighted by Gasteiger charge is -2.22. The molecule has 1 aromatic carbocycles. The van der Waals surface area contributed by atoms with Gasteiger partial charge in [-0.05, 0) is 37.5 Å². The Bertz CT molecular complexity index is 458. The van der Waals surface area contributed by atoms with E-state index in [9.17, 15) is 4.79 Å². The van der Waals surface area contributed by atoms with Gasteiger partial charge in [0.25, 0.3) is 0 Å². The van der Waals surface area contributed by atoms with E-state index in [0.717, 1.165) is 18.1 Å². The second-order valence-corrected chi connectivity index (χ2v) is 6.73. The number of benzene rings is 1. The number of thioether (sulfide) groups is 1. The highest BCUT2D eigenvalue weighted by molar-refractivity contribution is 7.99. The number of amides is 1. The van der Waals surface area contributed by atoms with Gasteiger partial charge in [0.15, 0.2) is 0 Å². The van der Waals surface area contributed by atoms with Gasteiger partial charge in [0, 0.05) is 37.1 Å². The van der Waals surface area contributed by atoms with Crippen molar-refractivity contribution in [2.24, 2.45) is 0 Å². The lowest BCUT2D eigenvalue weighted by molar-refractivity contribution is -0.121. The molecule has 0 spiro atoms. The first kappa shape index (κ1) is 15.4. The monoisotopic (exact) mass is 292 g/mol. The molecule has 110 valence electrons. The average molecular weight is 292 g/mol. The van der Waals surface area contributed by atoms with E-state index in [-0.39, 0.29) is 5.91 Å². The van der Waals surface area contributed by atoms with Crippen LogP contribution in [0.3, 0.4) is 0 Å². The summed E-state index contributed by atoms with van der Waals surface area (Å²) in [6.45, 7) is 7.98. The maximum Gasteiger partial charge on any atom is 0.221 e. The molecule has 1 aliphatic rings. The molecule has 20 heavy (non-hydrogen) atoms. The van der Waals surface area contributed by atoms with Crippen molar-refractivity contribution in [1.82, 2.24) is 10.6 Å². The van der Waals surface area contributed by atoms with Gasteiger partial charge in [0.1, 0.15) is 0 Å². The van der Waals surface area contributed by atoms with Gasteiger partial charge in [0.05, 0.1) is 0 Å². The fourth-order valence-electron chi connectivity index (χ4n) is 2.72. The summed E-state index contributed by atoms with van der Waals surface area (Å²) in [7, 11) is 0. The molecule has 1 amide bonds. The molecule has 3 nitrogen and oxygen atoms in total. The van der Waals surface area contributed by atoms with Crippen LogP contribution < -0.4 is 10.6 Å². The Hall–Kier alpha value is -1.00. The molecule has 0 bridgehead atoms. The number of carbonyl (C=O) groups excluding carboxylic acids is 1. The SMILES string of the molecule is Cc1cc(C)c(CNC(=O)CC2CSCCN2)c(C)c1. The van der Waals surface area contributed by atoms with E-state index in [1.54, 1.807) is 0 Å². The summed E-state index contributed by atoms with van der Waals surface area (Å²) in [5.74, 6) is 2.33. The van der Waals surface area contributed by atoms with Gasteiger partial charge in [-0.3, -0.25) is 4.79 Å². The fraction of sp³-hybridized carbons (Fsp3) is 0.562. The van der Waals surface area contributed by atoms with Gasteiger partial charge < -0.3 is 10.6 Å². The zero-order valence-corrected chi connectivity index (χ0v) is 13.4. The minimum absolute atomic E-state index is 0.143. The molecule has 2 N–H and O–H groups in total. The Labute approximate surface area is 125 Å². The van der Waals surface area contributed by atoms with E-state index >= 15 is 0 Å². The van der Waals surface area contributed by atoms with Crippen LogP contribution >= 0.6 is 11.8 Å². The van der Waals surface area contributed by atoms with Crippen LogP contribution in [0.4, 0.5) is 0 Å². The van der Waals surface area contributed by atoms with Crippen LogP contribution in [0.2, 0.25) is 0 Å². The van der Waals surface area contributed by atoms with Crippen molar-refractivity contribution >= 4 is 17.7 Å². The first-order chi connectivity index (χ1) is 9.56. The van der Waals surface area contributed by atoms with Crippen LogP contribution in [0, 0.1) is 20.8 Å². The van der Waals surface area contributed by atoms with Crippen molar-refractivity contribution in [3.8, 4) is 0 Å². The lowest BCUT2D eigenvalue weighted by atomic mass is 10.00. The topological polar surface area (TPSA) is 41.1 Å². The number of carbonyl (C=O) groups is 1.